The highest BCUT2D eigenvalue weighted by Crippen LogP contribution is 2.14. The van der Waals surface area contributed by atoms with E-state index in [-0.39, 0.29) is 36.5 Å². The first-order chi connectivity index (χ1) is 12.8. The van der Waals surface area contributed by atoms with Gasteiger partial charge in [0.15, 0.2) is 5.96 Å². The van der Waals surface area contributed by atoms with Gasteiger partial charge < -0.3 is 20.5 Å². The van der Waals surface area contributed by atoms with Crippen LogP contribution in [0.5, 0.6) is 0 Å². The van der Waals surface area contributed by atoms with E-state index >= 15 is 0 Å². The van der Waals surface area contributed by atoms with Gasteiger partial charge in [-0.05, 0) is 31.9 Å². The molecule has 0 aromatic heterocycles. The van der Waals surface area contributed by atoms with Crippen LogP contribution in [0.4, 0.5) is 0 Å². The predicted octanol–water partition coefficient (Wildman–Crippen LogP) is 2.05. The van der Waals surface area contributed by atoms with E-state index in [1.165, 1.54) is 6.42 Å². The fourth-order valence-corrected chi connectivity index (χ4v) is 3.03. The van der Waals surface area contributed by atoms with Crippen molar-refractivity contribution in [1.82, 2.24) is 15.5 Å². The van der Waals surface area contributed by atoms with E-state index in [0.29, 0.717) is 6.54 Å². The maximum Gasteiger partial charge on any atom is 0.191 e. The summed E-state index contributed by atoms with van der Waals surface area (Å²) in [4.78, 5) is 7.12. The number of morpholine rings is 1. The van der Waals surface area contributed by atoms with Gasteiger partial charge >= 0.3 is 0 Å². The Labute approximate surface area is 180 Å². The van der Waals surface area contributed by atoms with Gasteiger partial charge in [0, 0.05) is 32.1 Å². The van der Waals surface area contributed by atoms with Gasteiger partial charge in [-0.2, -0.15) is 0 Å². The van der Waals surface area contributed by atoms with Crippen molar-refractivity contribution in [3.63, 3.8) is 0 Å². The van der Waals surface area contributed by atoms with Crippen molar-refractivity contribution in [1.29, 1.82) is 0 Å². The van der Waals surface area contributed by atoms with Crippen LogP contribution >= 0.6 is 24.0 Å². The zero-order valence-electron chi connectivity index (χ0n) is 16.4. The van der Waals surface area contributed by atoms with Crippen LogP contribution in [-0.2, 0) is 4.74 Å². The van der Waals surface area contributed by atoms with Gasteiger partial charge in [0.05, 0.1) is 26.4 Å². The summed E-state index contributed by atoms with van der Waals surface area (Å²) in [5.41, 5.74) is 1.13. The van der Waals surface area contributed by atoms with Crippen LogP contribution in [0.2, 0.25) is 0 Å². The lowest BCUT2D eigenvalue weighted by atomic mass is 10.0. The lowest BCUT2D eigenvalue weighted by molar-refractivity contribution is 0.0372. The molecule has 1 unspecified atom stereocenters. The third-order valence-electron chi connectivity index (χ3n) is 4.60. The monoisotopic (exact) mass is 490 g/mol. The molecule has 1 heterocycles. The molecule has 1 aliphatic rings. The molecule has 6 nitrogen and oxygen atoms in total. The Morgan fingerprint density at radius 2 is 1.93 bits per heavy atom. The standard InChI is InChI=1S/C20H34N4O2.HI/c1-2-21-20(22-10-6-7-11-24-12-14-26-15-13-24)23-16-19(17-25)18-8-4-3-5-9-18;/h3-5,8-9,19,25H,2,6-7,10-17H2,1H3,(H2,21,22,23);1H. The van der Waals surface area contributed by atoms with Crippen LogP contribution < -0.4 is 10.6 Å². The van der Waals surface area contributed by atoms with Crippen molar-refractivity contribution in [2.45, 2.75) is 25.7 Å². The van der Waals surface area contributed by atoms with Gasteiger partial charge in [-0.25, -0.2) is 0 Å². The molecule has 3 N–H and O–H groups in total. The number of ether oxygens (including phenoxy) is 1. The first-order valence-corrected chi connectivity index (χ1v) is 9.81. The van der Waals surface area contributed by atoms with Crippen LogP contribution in [0.3, 0.4) is 0 Å². The van der Waals surface area contributed by atoms with Crippen LogP contribution in [0, 0.1) is 0 Å². The molecule has 0 saturated carbocycles. The average Bonchev–Trinajstić information content (AvgIpc) is 2.69. The first-order valence-electron chi connectivity index (χ1n) is 9.81. The summed E-state index contributed by atoms with van der Waals surface area (Å²) in [7, 11) is 0. The van der Waals surface area contributed by atoms with Crippen molar-refractivity contribution in [3.05, 3.63) is 35.9 Å². The van der Waals surface area contributed by atoms with Crippen molar-refractivity contribution in [2.24, 2.45) is 4.99 Å². The molecule has 1 atom stereocenters. The summed E-state index contributed by atoms with van der Waals surface area (Å²) in [6, 6.07) is 10.1. The number of hydrogen-bond acceptors (Lipinski definition) is 4. The van der Waals surface area contributed by atoms with E-state index in [2.05, 4.69) is 27.4 Å². The molecule has 0 bridgehead atoms. The summed E-state index contributed by atoms with van der Waals surface area (Å²) in [6.07, 6.45) is 2.29. The maximum absolute atomic E-state index is 9.67. The normalized spacial score (nSPS) is 16.4. The maximum atomic E-state index is 9.67. The number of aliphatic imine (C=N–C) groups is 1. The summed E-state index contributed by atoms with van der Waals surface area (Å²) in [5, 5.41) is 16.4. The number of nitrogens with zero attached hydrogens (tertiary/aromatic N) is 2. The lowest BCUT2D eigenvalue weighted by Gasteiger charge is -2.26. The largest absolute Gasteiger partial charge is 0.396 e. The third kappa shape index (κ3) is 9.73. The highest BCUT2D eigenvalue weighted by Gasteiger charge is 2.11. The molecule has 27 heavy (non-hydrogen) atoms. The second-order valence-electron chi connectivity index (χ2n) is 6.60. The van der Waals surface area contributed by atoms with E-state index in [1.54, 1.807) is 0 Å². The van der Waals surface area contributed by atoms with Crippen LogP contribution in [-0.4, -0.2) is 75.1 Å². The highest BCUT2D eigenvalue weighted by molar-refractivity contribution is 14.0. The zero-order chi connectivity index (χ0) is 18.5. The molecule has 154 valence electrons. The predicted molar refractivity (Wildman–Crippen MR) is 122 cm³/mol. The number of benzene rings is 1. The molecule has 1 saturated heterocycles. The number of nitrogens with one attached hydrogen (secondary N) is 2. The van der Waals surface area contributed by atoms with Crippen LogP contribution in [0.15, 0.2) is 35.3 Å². The van der Waals surface area contributed by atoms with Crippen molar-refractivity contribution >= 4 is 29.9 Å². The number of aliphatic hydroxyl groups excluding tert-OH is 1. The third-order valence-corrected chi connectivity index (χ3v) is 4.60. The Balaban J connectivity index is 0.00000364. The highest BCUT2D eigenvalue weighted by atomic mass is 127. The molecule has 1 aromatic rings. The fraction of sp³-hybridized carbons (Fsp3) is 0.650. The zero-order valence-corrected chi connectivity index (χ0v) is 18.7. The van der Waals surface area contributed by atoms with Crippen molar-refractivity contribution in [2.75, 3.05) is 59.1 Å². The number of aliphatic hydroxyl groups is 1. The molecule has 0 spiro atoms. The van der Waals surface area contributed by atoms with E-state index in [4.69, 9.17) is 4.74 Å². The number of unbranched alkanes of at least 4 members (excludes halogenated alkanes) is 1. The summed E-state index contributed by atoms with van der Waals surface area (Å²) in [6.45, 7) is 9.46. The van der Waals surface area contributed by atoms with Gasteiger partial charge in [-0.3, -0.25) is 9.89 Å². The van der Waals surface area contributed by atoms with E-state index in [0.717, 1.165) is 63.9 Å². The molecule has 1 aliphatic heterocycles. The SMILES string of the molecule is CCNC(=NCC(CO)c1ccccc1)NCCCCN1CCOCC1.I. The van der Waals surface area contributed by atoms with Crippen LogP contribution in [0.1, 0.15) is 31.2 Å². The summed E-state index contributed by atoms with van der Waals surface area (Å²) in [5.74, 6) is 0.862. The molecule has 1 aromatic carbocycles. The number of guanidine groups is 1. The number of hydrogen-bond donors (Lipinski definition) is 3. The fourth-order valence-electron chi connectivity index (χ4n) is 3.03. The Bertz CT molecular complexity index is 510. The Kier molecular flexibility index (Phi) is 13.5. The average molecular weight is 490 g/mol. The second-order valence-corrected chi connectivity index (χ2v) is 6.60. The van der Waals surface area contributed by atoms with Crippen LogP contribution in [0.25, 0.3) is 0 Å². The molecule has 0 aliphatic carbocycles. The van der Waals surface area contributed by atoms with E-state index < -0.39 is 0 Å². The molecule has 0 amide bonds. The molecule has 2 rings (SSSR count). The number of halogens is 1. The minimum atomic E-state index is 0. The Morgan fingerprint density at radius 3 is 2.59 bits per heavy atom. The smallest absolute Gasteiger partial charge is 0.191 e. The second kappa shape index (κ2) is 15.1. The first kappa shape index (κ1) is 24.1. The van der Waals surface area contributed by atoms with Crippen molar-refractivity contribution in [3.8, 4) is 0 Å². The van der Waals surface area contributed by atoms with Crippen molar-refractivity contribution < 1.29 is 9.84 Å². The van der Waals surface area contributed by atoms with Gasteiger partial charge in [-0.1, -0.05) is 30.3 Å². The molecular formula is C20H35IN4O2. The van der Waals surface area contributed by atoms with Gasteiger partial charge in [0.1, 0.15) is 0 Å². The van der Waals surface area contributed by atoms with Gasteiger partial charge in [0.25, 0.3) is 0 Å². The molecule has 7 heteroatoms. The minimum Gasteiger partial charge on any atom is -0.396 e. The minimum absolute atomic E-state index is 0. The molecule has 1 fully saturated rings. The van der Waals surface area contributed by atoms with E-state index in [9.17, 15) is 5.11 Å². The quantitative estimate of drug-likeness (QED) is 0.203. The topological polar surface area (TPSA) is 69.1 Å². The molecule has 0 radical (unpaired) electrons. The molecular weight excluding hydrogens is 455 g/mol. The lowest BCUT2D eigenvalue weighted by Crippen LogP contribution is -2.39. The summed E-state index contributed by atoms with van der Waals surface area (Å²) < 4.78 is 5.38. The Hall–Kier alpha value is -0.900. The van der Waals surface area contributed by atoms with E-state index in [1.807, 2.05) is 30.3 Å². The summed E-state index contributed by atoms with van der Waals surface area (Å²) >= 11 is 0. The van der Waals surface area contributed by atoms with Gasteiger partial charge in [-0.15, -0.1) is 24.0 Å². The number of rotatable bonds is 10. The van der Waals surface area contributed by atoms with Gasteiger partial charge in [0.2, 0.25) is 0 Å². The Morgan fingerprint density at radius 1 is 1.19 bits per heavy atom.